The minimum atomic E-state index is -0.461. The van der Waals surface area contributed by atoms with Gasteiger partial charge in [0.2, 0.25) is 0 Å². The maximum Gasteiger partial charge on any atom is 0.324 e. The van der Waals surface area contributed by atoms with Crippen molar-refractivity contribution in [2.45, 2.75) is 6.42 Å². The highest BCUT2D eigenvalue weighted by Crippen LogP contribution is 2.30. The summed E-state index contributed by atoms with van der Waals surface area (Å²) in [5.74, 6) is -0.628. The Labute approximate surface area is 174 Å². The Morgan fingerprint density at radius 2 is 2.03 bits per heavy atom. The van der Waals surface area contributed by atoms with Gasteiger partial charge in [-0.1, -0.05) is 22.7 Å². The van der Waals surface area contributed by atoms with Crippen molar-refractivity contribution in [2.75, 3.05) is 32.1 Å². The van der Waals surface area contributed by atoms with Crippen LogP contribution in [0.4, 0.5) is 14.5 Å². The maximum atomic E-state index is 13.5. The number of hydrogen-bond donors (Lipinski definition) is 0. The van der Waals surface area contributed by atoms with Crippen molar-refractivity contribution in [3.05, 3.63) is 57.2 Å². The quantitative estimate of drug-likeness (QED) is 0.298. The van der Waals surface area contributed by atoms with Crippen LogP contribution in [0.25, 0.3) is 16.3 Å². The number of anilines is 1. The molecule has 3 rings (SSSR count). The van der Waals surface area contributed by atoms with Crippen LogP contribution in [0.2, 0.25) is 0 Å². The van der Waals surface area contributed by atoms with Gasteiger partial charge >= 0.3 is 5.00 Å². The number of fused-ring (bicyclic) bond motifs is 1. The highest BCUT2D eigenvalue weighted by molar-refractivity contribution is 7.22. The number of nitrogens with zero attached hydrogens (tertiary/aromatic N) is 4. The molecule has 0 radical (unpaired) electrons. The molecule has 2 heterocycles. The summed E-state index contributed by atoms with van der Waals surface area (Å²) in [5.41, 5.74) is 0.634. The molecule has 152 valence electrons. The number of halogens is 1. The van der Waals surface area contributed by atoms with E-state index in [4.69, 9.17) is 0 Å². The number of thiophene rings is 1. The summed E-state index contributed by atoms with van der Waals surface area (Å²) in [6, 6.07) is 7.34. The molecule has 0 fully saturated rings. The third-order valence-electron chi connectivity index (χ3n) is 4.01. The number of carbonyl (C=O) groups is 1. The lowest BCUT2D eigenvalue weighted by atomic mass is 10.3. The summed E-state index contributed by atoms with van der Waals surface area (Å²) in [7, 11) is 3.91. The van der Waals surface area contributed by atoms with Crippen LogP contribution in [0.5, 0.6) is 0 Å². The summed E-state index contributed by atoms with van der Waals surface area (Å²) in [6.07, 6.45) is 3.69. The van der Waals surface area contributed by atoms with E-state index >= 15 is 0 Å². The van der Waals surface area contributed by atoms with E-state index in [9.17, 15) is 19.3 Å². The van der Waals surface area contributed by atoms with Gasteiger partial charge in [0.1, 0.15) is 5.82 Å². The van der Waals surface area contributed by atoms with Gasteiger partial charge < -0.3 is 4.90 Å². The normalized spacial score (nSPS) is 11.6. The number of thiazole rings is 1. The van der Waals surface area contributed by atoms with E-state index in [1.54, 1.807) is 23.1 Å². The molecule has 10 heteroatoms. The largest absolute Gasteiger partial charge is 0.324 e. The van der Waals surface area contributed by atoms with Crippen LogP contribution < -0.4 is 4.90 Å². The first-order valence-corrected chi connectivity index (χ1v) is 10.4. The molecule has 0 N–H and O–H groups in total. The van der Waals surface area contributed by atoms with Crippen molar-refractivity contribution in [1.29, 1.82) is 0 Å². The van der Waals surface area contributed by atoms with Gasteiger partial charge in [0.05, 0.1) is 15.1 Å². The van der Waals surface area contributed by atoms with E-state index in [0.29, 0.717) is 26.8 Å². The number of rotatable bonds is 8. The third kappa shape index (κ3) is 5.43. The van der Waals surface area contributed by atoms with Crippen molar-refractivity contribution >= 4 is 55.0 Å². The monoisotopic (exact) mass is 434 g/mol. The molecular weight excluding hydrogens is 415 g/mol. The van der Waals surface area contributed by atoms with Crippen LogP contribution in [0, 0.1) is 15.9 Å². The summed E-state index contributed by atoms with van der Waals surface area (Å²) >= 11 is 2.26. The van der Waals surface area contributed by atoms with Crippen molar-refractivity contribution in [2.24, 2.45) is 0 Å². The molecule has 0 unspecified atom stereocenters. The van der Waals surface area contributed by atoms with Gasteiger partial charge in [-0.3, -0.25) is 19.8 Å². The summed E-state index contributed by atoms with van der Waals surface area (Å²) in [5, 5.41) is 11.3. The third-order valence-corrected chi connectivity index (χ3v) is 6.05. The van der Waals surface area contributed by atoms with Gasteiger partial charge in [-0.25, -0.2) is 9.37 Å². The number of benzene rings is 1. The molecule has 0 bridgehead atoms. The van der Waals surface area contributed by atoms with Gasteiger partial charge in [0.25, 0.3) is 5.91 Å². The zero-order valence-electron chi connectivity index (χ0n) is 15.9. The predicted molar refractivity (Wildman–Crippen MR) is 115 cm³/mol. The standard InChI is InChI=1S/C19H19FN4O3S2/c1-22(2)10-3-11-23(19-21-15-7-4-13(20)12-16(15)29-19)17(25)8-5-14-6-9-18(28-14)24(26)27/h4-9,12H,3,10-11H2,1-2H3/b8-5+. The second-order valence-electron chi connectivity index (χ2n) is 6.52. The number of nitro groups is 1. The first kappa shape index (κ1) is 21.0. The fourth-order valence-electron chi connectivity index (χ4n) is 2.62. The minimum Gasteiger partial charge on any atom is -0.309 e. The lowest BCUT2D eigenvalue weighted by Gasteiger charge is -2.19. The molecule has 2 aromatic heterocycles. The van der Waals surface area contributed by atoms with Crippen LogP contribution in [0.15, 0.2) is 36.4 Å². The number of hydrogen-bond acceptors (Lipinski definition) is 7. The van der Waals surface area contributed by atoms with Gasteiger partial charge in [-0.15, -0.1) is 0 Å². The van der Waals surface area contributed by atoms with Crippen LogP contribution >= 0.6 is 22.7 Å². The van der Waals surface area contributed by atoms with E-state index in [2.05, 4.69) is 4.98 Å². The van der Waals surface area contributed by atoms with Crippen molar-refractivity contribution in [1.82, 2.24) is 9.88 Å². The van der Waals surface area contributed by atoms with Gasteiger partial charge in [0, 0.05) is 23.6 Å². The van der Waals surface area contributed by atoms with Gasteiger partial charge in [-0.2, -0.15) is 0 Å². The smallest absolute Gasteiger partial charge is 0.309 e. The zero-order valence-corrected chi connectivity index (χ0v) is 17.5. The molecular formula is C19H19FN4O3S2. The molecule has 0 atom stereocenters. The Morgan fingerprint density at radius 3 is 2.72 bits per heavy atom. The van der Waals surface area contributed by atoms with Crippen molar-refractivity contribution in [3.63, 3.8) is 0 Å². The highest BCUT2D eigenvalue weighted by atomic mass is 32.1. The van der Waals surface area contributed by atoms with Crippen LogP contribution in [0.3, 0.4) is 0 Å². The SMILES string of the molecule is CN(C)CCCN(C(=O)/C=C/c1ccc([N+](=O)[O-])s1)c1nc2ccc(F)cc2s1. The molecule has 0 saturated heterocycles. The summed E-state index contributed by atoms with van der Waals surface area (Å²) in [4.78, 5) is 31.9. The number of amides is 1. The molecule has 0 spiro atoms. The Balaban J connectivity index is 1.83. The molecule has 0 aliphatic rings. The Hall–Kier alpha value is -2.69. The topological polar surface area (TPSA) is 79.6 Å². The second kappa shape index (κ2) is 9.21. The molecule has 3 aromatic rings. The first-order valence-electron chi connectivity index (χ1n) is 8.78. The molecule has 0 saturated carbocycles. The molecule has 0 aliphatic carbocycles. The number of aromatic nitrogens is 1. The molecule has 1 amide bonds. The molecule has 0 aliphatic heterocycles. The van der Waals surface area contributed by atoms with E-state index < -0.39 is 4.92 Å². The zero-order chi connectivity index (χ0) is 21.0. The fourth-order valence-corrected chi connectivity index (χ4v) is 4.37. The van der Waals surface area contributed by atoms with Crippen molar-refractivity contribution in [3.8, 4) is 0 Å². The lowest BCUT2D eigenvalue weighted by molar-refractivity contribution is -0.380. The van der Waals surface area contributed by atoms with Crippen LogP contribution in [-0.2, 0) is 4.79 Å². The Bertz CT molecular complexity index is 1060. The summed E-state index contributed by atoms with van der Waals surface area (Å²) < 4.78 is 14.2. The van der Waals surface area contributed by atoms with E-state index in [-0.39, 0.29) is 16.7 Å². The van der Waals surface area contributed by atoms with Crippen LogP contribution in [-0.4, -0.2) is 47.9 Å². The Kier molecular flexibility index (Phi) is 6.68. The van der Waals surface area contributed by atoms with E-state index in [1.165, 1.54) is 35.6 Å². The molecule has 1 aromatic carbocycles. The van der Waals surface area contributed by atoms with Crippen LogP contribution in [0.1, 0.15) is 11.3 Å². The number of carbonyl (C=O) groups excluding carboxylic acids is 1. The van der Waals surface area contributed by atoms with E-state index in [1.807, 2.05) is 19.0 Å². The van der Waals surface area contributed by atoms with Gasteiger partial charge in [-0.05, 0) is 57.4 Å². The lowest BCUT2D eigenvalue weighted by Crippen LogP contribution is -2.32. The Morgan fingerprint density at radius 1 is 1.24 bits per heavy atom. The van der Waals surface area contributed by atoms with E-state index in [0.717, 1.165) is 24.3 Å². The second-order valence-corrected chi connectivity index (χ2v) is 8.62. The van der Waals surface area contributed by atoms with Crippen molar-refractivity contribution < 1.29 is 14.1 Å². The summed E-state index contributed by atoms with van der Waals surface area (Å²) in [6.45, 7) is 1.25. The van der Waals surface area contributed by atoms with Gasteiger partial charge in [0.15, 0.2) is 5.13 Å². The average Bonchev–Trinajstić information content (AvgIpc) is 3.29. The minimum absolute atomic E-state index is 0.0214. The average molecular weight is 435 g/mol. The fraction of sp³-hybridized carbons (Fsp3) is 0.263. The molecule has 7 nitrogen and oxygen atoms in total. The highest BCUT2D eigenvalue weighted by Gasteiger charge is 2.18. The first-order chi connectivity index (χ1) is 13.8. The molecule has 29 heavy (non-hydrogen) atoms. The maximum absolute atomic E-state index is 13.5. The predicted octanol–water partition coefficient (Wildman–Crippen LogP) is 4.40.